The van der Waals surface area contributed by atoms with Gasteiger partial charge in [-0.05, 0) is 50.3 Å². The zero-order valence-corrected chi connectivity index (χ0v) is 13.0. The minimum absolute atomic E-state index is 0.181. The van der Waals surface area contributed by atoms with Gasteiger partial charge in [0.05, 0.1) is 11.7 Å². The normalized spacial score (nSPS) is 16.1. The van der Waals surface area contributed by atoms with Gasteiger partial charge in [0, 0.05) is 28.9 Å². The summed E-state index contributed by atoms with van der Waals surface area (Å²) in [6.07, 6.45) is 6.00. The van der Waals surface area contributed by atoms with E-state index in [9.17, 15) is 0 Å². The van der Waals surface area contributed by atoms with Gasteiger partial charge in [0.2, 0.25) is 0 Å². The number of nitrogens with one attached hydrogen (secondary N) is 1. The number of aryl methyl sites for hydroxylation is 4. The molecule has 1 atom stereocenters. The molecule has 0 aliphatic heterocycles. The number of thiophene rings is 1. The first-order valence-electron chi connectivity index (χ1n) is 7.24. The summed E-state index contributed by atoms with van der Waals surface area (Å²) in [5.41, 5.74) is 6.80. The largest absolute Gasteiger partial charge is 0.272 e. The lowest BCUT2D eigenvalue weighted by Crippen LogP contribution is -2.29. The summed E-state index contributed by atoms with van der Waals surface area (Å²) in [7, 11) is 2.00. The fraction of sp³-hybridized carbons (Fsp3) is 0.533. The molecule has 2 aromatic rings. The van der Waals surface area contributed by atoms with Crippen molar-refractivity contribution < 1.29 is 0 Å². The maximum Gasteiger partial charge on any atom is 0.0608 e. The van der Waals surface area contributed by atoms with E-state index in [0.717, 1.165) is 12.1 Å². The molecule has 3 rings (SSSR count). The third kappa shape index (κ3) is 2.66. The van der Waals surface area contributed by atoms with E-state index in [1.807, 2.05) is 30.0 Å². The van der Waals surface area contributed by atoms with Gasteiger partial charge >= 0.3 is 0 Å². The van der Waals surface area contributed by atoms with Crippen molar-refractivity contribution in [3.63, 3.8) is 0 Å². The second kappa shape index (κ2) is 5.68. The highest BCUT2D eigenvalue weighted by molar-refractivity contribution is 7.12. The Morgan fingerprint density at radius 2 is 2.20 bits per heavy atom. The Bertz CT molecular complexity index is 576. The third-order valence-corrected chi connectivity index (χ3v) is 5.42. The second-order valence-corrected chi connectivity index (χ2v) is 6.80. The lowest BCUT2D eigenvalue weighted by atomic mass is 9.98. The zero-order chi connectivity index (χ0) is 14.1. The number of nitrogens with two attached hydrogens (primary N) is 1. The summed E-state index contributed by atoms with van der Waals surface area (Å²) >= 11 is 1.93. The molecule has 0 amide bonds. The first kappa shape index (κ1) is 13.8. The second-order valence-electron chi connectivity index (χ2n) is 5.63. The Morgan fingerprint density at radius 1 is 1.40 bits per heavy atom. The minimum Gasteiger partial charge on any atom is -0.272 e. The van der Waals surface area contributed by atoms with Crippen LogP contribution in [0.15, 0.2) is 12.1 Å². The molecule has 2 aromatic heterocycles. The molecule has 5 heteroatoms. The van der Waals surface area contributed by atoms with Crippen LogP contribution in [0.25, 0.3) is 0 Å². The molecule has 0 bridgehead atoms. The van der Waals surface area contributed by atoms with Gasteiger partial charge in [-0.3, -0.25) is 16.0 Å². The van der Waals surface area contributed by atoms with Crippen LogP contribution in [-0.2, 0) is 26.3 Å². The molecule has 0 saturated heterocycles. The van der Waals surface area contributed by atoms with E-state index in [4.69, 9.17) is 5.84 Å². The van der Waals surface area contributed by atoms with Gasteiger partial charge in [-0.25, -0.2) is 0 Å². The summed E-state index contributed by atoms with van der Waals surface area (Å²) in [4.78, 5) is 2.92. The van der Waals surface area contributed by atoms with E-state index in [1.165, 1.54) is 41.8 Å². The quantitative estimate of drug-likeness (QED) is 0.671. The van der Waals surface area contributed by atoms with Gasteiger partial charge in [-0.15, -0.1) is 11.3 Å². The van der Waals surface area contributed by atoms with Crippen molar-refractivity contribution in [2.75, 3.05) is 0 Å². The van der Waals surface area contributed by atoms with E-state index in [-0.39, 0.29) is 6.04 Å². The molecular weight excluding hydrogens is 268 g/mol. The van der Waals surface area contributed by atoms with Crippen LogP contribution in [0, 0.1) is 6.92 Å². The first-order valence-corrected chi connectivity index (χ1v) is 8.06. The molecule has 3 N–H and O–H groups in total. The van der Waals surface area contributed by atoms with Gasteiger partial charge in [-0.2, -0.15) is 5.10 Å². The summed E-state index contributed by atoms with van der Waals surface area (Å²) in [6, 6.07) is 4.67. The van der Waals surface area contributed by atoms with Crippen molar-refractivity contribution >= 4 is 11.3 Å². The topological polar surface area (TPSA) is 55.9 Å². The van der Waals surface area contributed by atoms with Crippen LogP contribution in [0.4, 0.5) is 0 Å². The molecule has 0 aromatic carbocycles. The van der Waals surface area contributed by atoms with Crippen LogP contribution >= 0.6 is 11.3 Å². The van der Waals surface area contributed by atoms with E-state index < -0.39 is 0 Å². The van der Waals surface area contributed by atoms with Gasteiger partial charge < -0.3 is 0 Å². The van der Waals surface area contributed by atoms with Crippen molar-refractivity contribution in [3.05, 3.63) is 38.8 Å². The van der Waals surface area contributed by atoms with Crippen molar-refractivity contribution in [1.82, 2.24) is 15.2 Å². The maximum absolute atomic E-state index is 5.79. The maximum atomic E-state index is 5.79. The molecule has 20 heavy (non-hydrogen) atoms. The van der Waals surface area contributed by atoms with Gasteiger partial charge in [-0.1, -0.05) is 0 Å². The molecule has 0 spiro atoms. The molecule has 0 radical (unpaired) electrons. The molecule has 0 fully saturated rings. The van der Waals surface area contributed by atoms with Crippen molar-refractivity contribution in [3.8, 4) is 0 Å². The number of hydrogen-bond donors (Lipinski definition) is 2. The molecule has 1 aliphatic carbocycles. The highest BCUT2D eigenvalue weighted by Crippen LogP contribution is 2.33. The first-order chi connectivity index (χ1) is 9.67. The third-order valence-electron chi connectivity index (χ3n) is 4.07. The van der Waals surface area contributed by atoms with Crippen LogP contribution in [0.3, 0.4) is 0 Å². The molecule has 108 valence electrons. The molecule has 2 heterocycles. The number of rotatable bonds is 4. The van der Waals surface area contributed by atoms with Crippen LogP contribution in [0.1, 0.15) is 45.6 Å². The lowest BCUT2D eigenvalue weighted by molar-refractivity contribution is 0.537. The van der Waals surface area contributed by atoms with Crippen LogP contribution in [0.5, 0.6) is 0 Å². The monoisotopic (exact) mass is 290 g/mol. The van der Waals surface area contributed by atoms with E-state index in [1.54, 1.807) is 4.88 Å². The van der Waals surface area contributed by atoms with Crippen molar-refractivity contribution in [2.45, 2.75) is 45.1 Å². The van der Waals surface area contributed by atoms with Crippen LogP contribution < -0.4 is 11.3 Å². The number of aromatic nitrogens is 2. The molecule has 4 nitrogen and oxygen atoms in total. The Kier molecular flexibility index (Phi) is 3.92. The predicted octanol–water partition coefficient (Wildman–Crippen LogP) is 2.42. The highest BCUT2D eigenvalue weighted by Gasteiger charge is 2.20. The molecule has 1 aliphatic rings. The molecular formula is C15H22N4S. The fourth-order valence-corrected chi connectivity index (χ4v) is 4.31. The number of hydrogen-bond acceptors (Lipinski definition) is 4. The summed E-state index contributed by atoms with van der Waals surface area (Å²) in [5, 5.41) is 4.41. The Balaban J connectivity index is 1.82. The Morgan fingerprint density at radius 3 is 2.85 bits per heavy atom. The average molecular weight is 290 g/mol. The van der Waals surface area contributed by atoms with Crippen molar-refractivity contribution in [2.24, 2.45) is 12.9 Å². The summed E-state index contributed by atoms with van der Waals surface area (Å²) < 4.78 is 1.95. The van der Waals surface area contributed by atoms with E-state index >= 15 is 0 Å². The minimum atomic E-state index is 0.181. The molecule has 0 saturated carbocycles. The Labute approximate surface area is 124 Å². The van der Waals surface area contributed by atoms with Crippen molar-refractivity contribution in [1.29, 1.82) is 0 Å². The van der Waals surface area contributed by atoms with E-state index in [2.05, 4.69) is 22.7 Å². The number of nitrogens with zero attached hydrogens (tertiary/aromatic N) is 2. The van der Waals surface area contributed by atoms with Crippen LogP contribution in [0.2, 0.25) is 0 Å². The number of fused-ring (bicyclic) bond motifs is 1. The van der Waals surface area contributed by atoms with Gasteiger partial charge in [0.1, 0.15) is 0 Å². The molecule has 1 unspecified atom stereocenters. The van der Waals surface area contributed by atoms with E-state index in [0.29, 0.717) is 0 Å². The predicted molar refractivity (Wildman–Crippen MR) is 82.7 cm³/mol. The Hall–Kier alpha value is -1.17. The van der Waals surface area contributed by atoms with Crippen LogP contribution in [-0.4, -0.2) is 9.78 Å². The standard InChI is InChI=1S/C15H22N4S/c1-10-7-12(19(2)18-10)9-13(17-16)15-8-11-5-3-4-6-14(11)20-15/h7-8,13,17H,3-6,9,16H2,1-2H3. The lowest BCUT2D eigenvalue weighted by Gasteiger charge is -2.14. The summed E-state index contributed by atoms with van der Waals surface area (Å²) in [6.45, 7) is 2.03. The van der Waals surface area contributed by atoms with Gasteiger partial charge in [0.25, 0.3) is 0 Å². The smallest absolute Gasteiger partial charge is 0.0608 e. The van der Waals surface area contributed by atoms with Gasteiger partial charge in [0.15, 0.2) is 0 Å². The average Bonchev–Trinajstić information content (AvgIpc) is 2.99. The number of hydrazine groups is 1. The highest BCUT2D eigenvalue weighted by atomic mass is 32.1. The fourth-order valence-electron chi connectivity index (χ4n) is 2.99. The summed E-state index contributed by atoms with van der Waals surface area (Å²) in [5.74, 6) is 5.79. The zero-order valence-electron chi connectivity index (χ0n) is 12.1. The SMILES string of the molecule is Cc1cc(CC(NN)c2cc3c(s2)CCCC3)n(C)n1.